The lowest BCUT2D eigenvalue weighted by molar-refractivity contribution is 0.0982. The van der Waals surface area contributed by atoms with E-state index in [1.807, 2.05) is 11.3 Å². The average Bonchev–Trinajstić information content (AvgIpc) is 3.08. The van der Waals surface area contributed by atoms with E-state index >= 15 is 0 Å². The van der Waals surface area contributed by atoms with Gasteiger partial charge in [0.2, 0.25) is 0 Å². The molecule has 1 fully saturated rings. The molecule has 2 aliphatic carbocycles. The molecular formula is C18H27NOS. The SMILES string of the molecule is CCCC(=O)c1c(NC(C)C2CC2C)sc2c1CCCC2. The van der Waals surface area contributed by atoms with Crippen molar-refractivity contribution in [3.05, 3.63) is 16.0 Å². The second-order valence-electron chi connectivity index (χ2n) is 6.90. The minimum absolute atomic E-state index is 0.357. The maximum Gasteiger partial charge on any atom is 0.166 e. The number of thiophene rings is 1. The molecule has 2 aliphatic rings. The lowest BCUT2D eigenvalue weighted by atomic mass is 9.92. The van der Waals surface area contributed by atoms with Crippen molar-refractivity contribution in [1.82, 2.24) is 0 Å². The molecule has 0 aromatic carbocycles. The van der Waals surface area contributed by atoms with Crippen LogP contribution in [0.4, 0.5) is 5.00 Å². The van der Waals surface area contributed by atoms with Crippen LogP contribution in [0.25, 0.3) is 0 Å². The van der Waals surface area contributed by atoms with Crippen molar-refractivity contribution >= 4 is 22.1 Å². The van der Waals surface area contributed by atoms with Gasteiger partial charge in [0.1, 0.15) is 0 Å². The summed E-state index contributed by atoms with van der Waals surface area (Å²) in [5, 5.41) is 4.87. The fraction of sp³-hybridized carbons (Fsp3) is 0.722. The van der Waals surface area contributed by atoms with Gasteiger partial charge >= 0.3 is 0 Å². The molecule has 1 aromatic heterocycles. The molecule has 0 saturated heterocycles. The number of carbonyl (C=O) groups is 1. The molecule has 3 heteroatoms. The highest BCUT2D eigenvalue weighted by Crippen LogP contribution is 2.44. The van der Waals surface area contributed by atoms with Crippen molar-refractivity contribution in [1.29, 1.82) is 0 Å². The van der Waals surface area contributed by atoms with Crippen LogP contribution in [0.2, 0.25) is 0 Å². The quantitative estimate of drug-likeness (QED) is 0.744. The number of fused-ring (bicyclic) bond motifs is 1. The molecule has 21 heavy (non-hydrogen) atoms. The molecule has 3 atom stereocenters. The molecule has 2 nitrogen and oxygen atoms in total. The molecule has 1 heterocycles. The number of rotatable bonds is 6. The number of ketones is 1. The maximum atomic E-state index is 12.6. The zero-order chi connectivity index (χ0) is 15.0. The lowest BCUT2D eigenvalue weighted by Crippen LogP contribution is -2.19. The van der Waals surface area contributed by atoms with E-state index in [1.54, 1.807) is 0 Å². The lowest BCUT2D eigenvalue weighted by Gasteiger charge is -2.16. The van der Waals surface area contributed by atoms with Gasteiger partial charge in [-0.15, -0.1) is 11.3 Å². The van der Waals surface area contributed by atoms with Crippen molar-refractivity contribution in [3.63, 3.8) is 0 Å². The Morgan fingerprint density at radius 1 is 1.38 bits per heavy atom. The number of carbonyl (C=O) groups excluding carboxylic acids is 1. The third kappa shape index (κ3) is 3.03. The van der Waals surface area contributed by atoms with Gasteiger partial charge in [0.05, 0.1) is 10.6 Å². The molecule has 0 amide bonds. The third-order valence-corrected chi connectivity index (χ3v) is 6.32. The highest BCUT2D eigenvalue weighted by Gasteiger charge is 2.38. The van der Waals surface area contributed by atoms with E-state index in [-0.39, 0.29) is 0 Å². The molecule has 116 valence electrons. The van der Waals surface area contributed by atoms with Gasteiger partial charge in [-0.05, 0) is 62.8 Å². The fourth-order valence-electron chi connectivity index (χ4n) is 3.68. The second kappa shape index (κ2) is 6.12. The standard InChI is InChI=1S/C18H27NOS/c1-4-7-15(20)17-13-8-5-6-9-16(13)21-18(17)19-12(3)14-10-11(14)2/h11-12,14,19H,4-10H2,1-3H3. The minimum Gasteiger partial charge on any atom is -0.374 e. The molecule has 3 unspecified atom stereocenters. The van der Waals surface area contributed by atoms with Crippen LogP contribution in [0.1, 0.15) is 73.7 Å². The van der Waals surface area contributed by atoms with Crippen LogP contribution < -0.4 is 5.32 Å². The number of aryl methyl sites for hydroxylation is 1. The van der Waals surface area contributed by atoms with E-state index in [9.17, 15) is 4.79 Å². The number of anilines is 1. The fourth-order valence-corrected chi connectivity index (χ4v) is 5.08. The van der Waals surface area contributed by atoms with E-state index in [4.69, 9.17) is 0 Å². The van der Waals surface area contributed by atoms with E-state index < -0.39 is 0 Å². The van der Waals surface area contributed by atoms with Crippen LogP contribution in [0.15, 0.2) is 0 Å². The first-order valence-corrected chi connectivity index (χ1v) is 9.37. The van der Waals surface area contributed by atoms with Crippen molar-refractivity contribution in [3.8, 4) is 0 Å². The van der Waals surface area contributed by atoms with Crippen LogP contribution in [-0.4, -0.2) is 11.8 Å². The van der Waals surface area contributed by atoms with Gasteiger partial charge < -0.3 is 5.32 Å². The summed E-state index contributed by atoms with van der Waals surface area (Å²) in [5.74, 6) is 1.99. The summed E-state index contributed by atoms with van der Waals surface area (Å²) in [6, 6.07) is 0.494. The second-order valence-corrected chi connectivity index (χ2v) is 8.00. The summed E-state index contributed by atoms with van der Waals surface area (Å²) in [6.07, 6.45) is 7.75. The monoisotopic (exact) mass is 305 g/mol. The average molecular weight is 305 g/mol. The van der Waals surface area contributed by atoms with E-state index in [0.29, 0.717) is 18.2 Å². The summed E-state index contributed by atoms with van der Waals surface area (Å²) < 4.78 is 0. The summed E-state index contributed by atoms with van der Waals surface area (Å²) in [4.78, 5) is 14.1. The first-order chi connectivity index (χ1) is 10.1. The van der Waals surface area contributed by atoms with Gasteiger partial charge in [-0.2, -0.15) is 0 Å². The number of Topliss-reactive ketones (excluding diaryl/α,β-unsaturated/α-hetero) is 1. The molecule has 0 aliphatic heterocycles. The smallest absolute Gasteiger partial charge is 0.166 e. The largest absolute Gasteiger partial charge is 0.374 e. The Bertz CT molecular complexity index is 534. The Kier molecular flexibility index (Phi) is 4.39. The predicted octanol–water partition coefficient (Wildman–Crippen LogP) is 5.07. The molecular weight excluding hydrogens is 278 g/mol. The molecule has 1 aromatic rings. The zero-order valence-corrected chi connectivity index (χ0v) is 14.3. The summed E-state index contributed by atoms with van der Waals surface area (Å²) >= 11 is 1.86. The Morgan fingerprint density at radius 3 is 2.76 bits per heavy atom. The number of hydrogen-bond acceptors (Lipinski definition) is 3. The van der Waals surface area contributed by atoms with Gasteiger partial charge in [-0.1, -0.05) is 13.8 Å². The van der Waals surface area contributed by atoms with Crippen LogP contribution >= 0.6 is 11.3 Å². The molecule has 0 radical (unpaired) electrons. The summed E-state index contributed by atoms with van der Waals surface area (Å²) in [6.45, 7) is 6.70. The van der Waals surface area contributed by atoms with Crippen molar-refractivity contribution in [2.75, 3.05) is 5.32 Å². The van der Waals surface area contributed by atoms with E-state index in [0.717, 1.165) is 30.2 Å². The molecule has 0 spiro atoms. The first kappa shape index (κ1) is 15.1. The van der Waals surface area contributed by atoms with Crippen LogP contribution in [0.3, 0.4) is 0 Å². The number of nitrogens with one attached hydrogen (secondary N) is 1. The van der Waals surface area contributed by atoms with E-state index in [1.165, 1.54) is 41.1 Å². The molecule has 3 rings (SSSR count). The van der Waals surface area contributed by atoms with Crippen LogP contribution in [0.5, 0.6) is 0 Å². The molecule has 0 bridgehead atoms. The Balaban J connectivity index is 1.87. The predicted molar refractivity (Wildman–Crippen MR) is 90.6 cm³/mol. The zero-order valence-electron chi connectivity index (χ0n) is 13.5. The van der Waals surface area contributed by atoms with Crippen molar-refractivity contribution in [2.24, 2.45) is 11.8 Å². The van der Waals surface area contributed by atoms with Gasteiger partial charge in [0.15, 0.2) is 5.78 Å². The molecule has 1 saturated carbocycles. The van der Waals surface area contributed by atoms with Gasteiger partial charge in [0.25, 0.3) is 0 Å². The first-order valence-electron chi connectivity index (χ1n) is 8.56. The van der Waals surface area contributed by atoms with Gasteiger partial charge in [-0.3, -0.25) is 4.79 Å². The van der Waals surface area contributed by atoms with Crippen LogP contribution in [-0.2, 0) is 12.8 Å². The number of hydrogen-bond donors (Lipinski definition) is 1. The third-order valence-electron chi connectivity index (χ3n) is 5.10. The van der Waals surface area contributed by atoms with E-state index in [2.05, 4.69) is 26.1 Å². The summed E-state index contributed by atoms with van der Waals surface area (Å²) in [7, 11) is 0. The Labute approximate surface area is 132 Å². The Hall–Kier alpha value is -0.830. The normalized spacial score (nSPS) is 25.3. The molecule has 1 N–H and O–H groups in total. The van der Waals surface area contributed by atoms with Crippen molar-refractivity contribution in [2.45, 2.75) is 71.8 Å². The van der Waals surface area contributed by atoms with Crippen LogP contribution in [0, 0.1) is 11.8 Å². The van der Waals surface area contributed by atoms with Crippen molar-refractivity contribution < 1.29 is 4.79 Å². The minimum atomic E-state index is 0.357. The Morgan fingerprint density at radius 2 is 2.10 bits per heavy atom. The topological polar surface area (TPSA) is 29.1 Å². The van der Waals surface area contributed by atoms with Gasteiger partial charge in [0, 0.05) is 17.3 Å². The maximum absolute atomic E-state index is 12.6. The van der Waals surface area contributed by atoms with Gasteiger partial charge in [-0.25, -0.2) is 0 Å². The summed E-state index contributed by atoms with van der Waals surface area (Å²) in [5.41, 5.74) is 2.43. The highest BCUT2D eigenvalue weighted by atomic mass is 32.1. The highest BCUT2D eigenvalue weighted by molar-refractivity contribution is 7.16.